The fourth-order valence-corrected chi connectivity index (χ4v) is 3.65. The van der Waals surface area contributed by atoms with Crippen molar-refractivity contribution in [3.05, 3.63) is 29.6 Å². The minimum Gasteiger partial charge on any atom is -0.316 e. The summed E-state index contributed by atoms with van der Waals surface area (Å²) in [6.45, 7) is 2.35. The highest BCUT2D eigenvalue weighted by molar-refractivity contribution is 5.31. The SMILES string of the molecule is N#Cc1cncc(C2CCC3(CCCNC3)C2)c1. The van der Waals surface area contributed by atoms with Gasteiger partial charge in [-0.2, -0.15) is 5.26 Å². The van der Waals surface area contributed by atoms with Crippen LogP contribution in [0.1, 0.15) is 49.1 Å². The average Bonchev–Trinajstić information content (AvgIpc) is 2.83. The molecular formula is C15H19N3. The molecule has 0 bridgehead atoms. The lowest BCUT2D eigenvalue weighted by Crippen LogP contribution is -2.38. The molecule has 2 aliphatic rings. The molecule has 3 rings (SSSR count). The predicted octanol–water partition coefficient (Wildman–Crippen LogP) is 2.59. The second kappa shape index (κ2) is 4.70. The fraction of sp³-hybridized carbons (Fsp3) is 0.600. The third-order valence-corrected chi connectivity index (χ3v) is 4.62. The third kappa shape index (κ3) is 2.13. The Labute approximate surface area is 108 Å². The Morgan fingerprint density at radius 2 is 2.33 bits per heavy atom. The summed E-state index contributed by atoms with van der Waals surface area (Å²) in [5.74, 6) is 0.602. The van der Waals surface area contributed by atoms with Crippen LogP contribution in [0, 0.1) is 16.7 Å². The van der Waals surface area contributed by atoms with Crippen molar-refractivity contribution in [2.75, 3.05) is 13.1 Å². The highest BCUT2D eigenvalue weighted by Crippen LogP contribution is 2.49. The topological polar surface area (TPSA) is 48.7 Å². The number of aromatic nitrogens is 1. The van der Waals surface area contributed by atoms with Crippen molar-refractivity contribution in [3.63, 3.8) is 0 Å². The van der Waals surface area contributed by atoms with Gasteiger partial charge in [0, 0.05) is 18.9 Å². The van der Waals surface area contributed by atoms with Crippen LogP contribution in [0.15, 0.2) is 18.5 Å². The van der Waals surface area contributed by atoms with E-state index >= 15 is 0 Å². The fourth-order valence-electron chi connectivity index (χ4n) is 3.65. The summed E-state index contributed by atoms with van der Waals surface area (Å²) in [4.78, 5) is 4.20. The second-order valence-electron chi connectivity index (χ2n) is 5.84. The van der Waals surface area contributed by atoms with Gasteiger partial charge in [0.15, 0.2) is 0 Å². The molecule has 18 heavy (non-hydrogen) atoms. The quantitative estimate of drug-likeness (QED) is 0.822. The maximum absolute atomic E-state index is 8.95. The molecule has 94 valence electrons. The molecule has 1 aromatic heterocycles. The highest BCUT2D eigenvalue weighted by atomic mass is 14.9. The van der Waals surface area contributed by atoms with Crippen LogP contribution >= 0.6 is 0 Å². The van der Waals surface area contributed by atoms with Crippen LogP contribution in [0.4, 0.5) is 0 Å². The van der Waals surface area contributed by atoms with Gasteiger partial charge in [0.1, 0.15) is 6.07 Å². The van der Waals surface area contributed by atoms with E-state index in [-0.39, 0.29) is 0 Å². The normalized spacial score (nSPS) is 31.4. The maximum Gasteiger partial charge on any atom is 0.101 e. The van der Waals surface area contributed by atoms with Crippen molar-refractivity contribution in [1.29, 1.82) is 5.26 Å². The van der Waals surface area contributed by atoms with Crippen LogP contribution in [-0.4, -0.2) is 18.1 Å². The molecule has 1 aliphatic heterocycles. The van der Waals surface area contributed by atoms with Gasteiger partial charge < -0.3 is 5.32 Å². The number of rotatable bonds is 1. The Morgan fingerprint density at radius 1 is 1.39 bits per heavy atom. The molecule has 1 saturated carbocycles. The van der Waals surface area contributed by atoms with Crippen molar-refractivity contribution in [2.45, 2.75) is 38.0 Å². The van der Waals surface area contributed by atoms with Gasteiger partial charge in [0.2, 0.25) is 0 Å². The highest BCUT2D eigenvalue weighted by Gasteiger charge is 2.40. The smallest absolute Gasteiger partial charge is 0.101 e. The standard InChI is InChI=1S/C15H19N3/c16-8-12-6-14(10-18-9-12)13-2-4-15(7-13)3-1-5-17-11-15/h6,9-10,13,17H,1-5,7,11H2. The van der Waals surface area contributed by atoms with Crippen LogP contribution in [0.25, 0.3) is 0 Å². The van der Waals surface area contributed by atoms with Crippen LogP contribution in [-0.2, 0) is 0 Å². The molecule has 2 unspecified atom stereocenters. The van der Waals surface area contributed by atoms with Gasteiger partial charge in [0.25, 0.3) is 0 Å². The molecule has 0 radical (unpaired) electrons. The number of nitrogens with zero attached hydrogens (tertiary/aromatic N) is 2. The molecule has 1 aliphatic carbocycles. The van der Waals surface area contributed by atoms with E-state index in [0.717, 1.165) is 0 Å². The van der Waals surface area contributed by atoms with Gasteiger partial charge in [0.05, 0.1) is 5.56 Å². The largest absolute Gasteiger partial charge is 0.316 e. The number of hydrogen-bond acceptors (Lipinski definition) is 3. The zero-order chi connectivity index (χ0) is 12.4. The van der Waals surface area contributed by atoms with Gasteiger partial charge in [-0.3, -0.25) is 4.98 Å². The second-order valence-corrected chi connectivity index (χ2v) is 5.84. The molecule has 2 atom stereocenters. The van der Waals surface area contributed by atoms with E-state index in [1.807, 2.05) is 12.3 Å². The number of nitriles is 1. The zero-order valence-electron chi connectivity index (χ0n) is 10.7. The van der Waals surface area contributed by atoms with Crippen molar-refractivity contribution in [2.24, 2.45) is 5.41 Å². The summed E-state index contributed by atoms with van der Waals surface area (Å²) in [6, 6.07) is 4.21. The van der Waals surface area contributed by atoms with E-state index in [0.29, 0.717) is 16.9 Å². The molecule has 2 fully saturated rings. The third-order valence-electron chi connectivity index (χ3n) is 4.62. The van der Waals surface area contributed by atoms with Crippen LogP contribution in [0.2, 0.25) is 0 Å². The first-order chi connectivity index (χ1) is 8.81. The van der Waals surface area contributed by atoms with Crippen molar-refractivity contribution in [1.82, 2.24) is 10.3 Å². The number of hydrogen-bond donors (Lipinski definition) is 1. The number of pyridine rings is 1. The van der Waals surface area contributed by atoms with Gasteiger partial charge >= 0.3 is 0 Å². The first-order valence-electron chi connectivity index (χ1n) is 6.87. The van der Waals surface area contributed by atoms with Gasteiger partial charge in [-0.25, -0.2) is 0 Å². The summed E-state index contributed by atoms with van der Waals surface area (Å²) < 4.78 is 0. The zero-order valence-corrected chi connectivity index (χ0v) is 10.7. The molecule has 0 aromatic carbocycles. The van der Waals surface area contributed by atoms with Gasteiger partial charge in [-0.1, -0.05) is 0 Å². The summed E-state index contributed by atoms with van der Waals surface area (Å²) in [5.41, 5.74) is 2.47. The minimum atomic E-state index is 0.519. The van der Waals surface area contributed by atoms with Crippen LogP contribution in [0.5, 0.6) is 0 Å². The maximum atomic E-state index is 8.95. The Bertz CT molecular complexity index is 469. The lowest BCUT2D eigenvalue weighted by atomic mass is 9.78. The molecular weight excluding hydrogens is 222 g/mol. The van der Waals surface area contributed by atoms with E-state index in [1.54, 1.807) is 6.20 Å². The van der Waals surface area contributed by atoms with Gasteiger partial charge in [-0.05, 0) is 61.6 Å². The first-order valence-corrected chi connectivity index (χ1v) is 6.87. The molecule has 3 nitrogen and oxygen atoms in total. The molecule has 1 saturated heterocycles. The summed E-state index contributed by atoms with van der Waals surface area (Å²) in [5, 5.41) is 12.5. The number of piperidine rings is 1. The van der Waals surface area contributed by atoms with E-state index in [4.69, 9.17) is 5.26 Å². The van der Waals surface area contributed by atoms with E-state index in [2.05, 4.69) is 16.4 Å². The molecule has 3 heteroatoms. The minimum absolute atomic E-state index is 0.519. The summed E-state index contributed by atoms with van der Waals surface area (Å²) in [7, 11) is 0. The Balaban J connectivity index is 1.77. The lowest BCUT2D eigenvalue weighted by Gasteiger charge is -2.34. The molecule has 0 amide bonds. The van der Waals surface area contributed by atoms with E-state index in [9.17, 15) is 0 Å². The monoisotopic (exact) mass is 241 g/mol. The van der Waals surface area contributed by atoms with Crippen LogP contribution < -0.4 is 5.32 Å². The van der Waals surface area contributed by atoms with Crippen molar-refractivity contribution in [3.8, 4) is 6.07 Å². The molecule has 1 spiro atoms. The Morgan fingerprint density at radius 3 is 3.11 bits per heavy atom. The Kier molecular flexibility index (Phi) is 3.05. The van der Waals surface area contributed by atoms with Crippen LogP contribution in [0.3, 0.4) is 0 Å². The molecule has 1 N–H and O–H groups in total. The number of nitrogens with one attached hydrogen (secondary N) is 1. The van der Waals surface area contributed by atoms with E-state index < -0.39 is 0 Å². The first kappa shape index (κ1) is 11.7. The lowest BCUT2D eigenvalue weighted by molar-refractivity contribution is 0.214. The average molecular weight is 241 g/mol. The Hall–Kier alpha value is -1.40. The van der Waals surface area contributed by atoms with Crippen molar-refractivity contribution >= 4 is 0 Å². The van der Waals surface area contributed by atoms with Gasteiger partial charge in [-0.15, -0.1) is 0 Å². The summed E-state index contributed by atoms with van der Waals surface area (Å²) >= 11 is 0. The molecule has 1 aromatic rings. The van der Waals surface area contributed by atoms with E-state index in [1.165, 1.54) is 50.8 Å². The summed E-state index contributed by atoms with van der Waals surface area (Å²) in [6.07, 6.45) is 10.1. The predicted molar refractivity (Wildman–Crippen MR) is 70.1 cm³/mol. The molecule has 2 heterocycles. The van der Waals surface area contributed by atoms with Crippen molar-refractivity contribution < 1.29 is 0 Å².